The minimum Gasteiger partial charge on any atom is -0.477 e. The van der Waals surface area contributed by atoms with E-state index in [-0.39, 0.29) is 6.54 Å². The molecule has 9 heteroatoms. The lowest BCUT2D eigenvalue weighted by Crippen LogP contribution is -2.41. The number of carboxylic acids is 1. The summed E-state index contributed by atoms with van der Waals surface area (Å²) < 4.78 is 1.96. The number of aromatic carboxylic acids is 1. The van der Waals surface area contributed by atoms with Crippen molar-refractivity contribution in [2.24, 2.45) is 0 Å². The van der Waals surface area contributed by atoms with Crippen molar-refractivity contribution in [3.63, 3.8) is 0 Å². The van der Waals surface area contributed by atoms with Crippen molar-refractivity contribution in [1.82, 2.24) is 19.1 Å². The number of H-pyrrole nitrogens is 2. The van der Waals surface area contributed by atoms with Gasteiger partial charge >= 0.3 is 17.3 Å². The summed E-state index contributed by atoms with van der Waals surface area (Å²) in [7, 11) is 0. The van der Waals surface area contributed by atoms with E-state index in [0.29, 0.717) is 22.3 Å². The van der Waals surface area contributed by atoms with Gasteiger partial charge in [-0.1, -0.05) is 0 Å². The zero-order valence-electron chi connectivity index (χ0n) is 12.9. The Morgan fingerprint density at radius 3 is 2.38 bits per heavy atom. The van der Waals surface area contributed by atoms with Crippen LogP contribution in [0, 0.1) is 6.92 Å². The topological polar surface area (TPSA) is 130 Å². The normalized spacial score (nSPS) is 11.1. The number of fused-ring (bicyclic) bond motifs is 1. The van der Waals surface area contributed by atoms with Crippen LogP contribution < -0.4 is 16.9 Å². The number of carboxylic acid groups (broad SMARTS) is 1. The Kier molecular flexibility index (Phi) is 3.48. The molecule has 3 N–H and O–H groups in total. The van der Waals surface area contributed by atoms with Crippen LogP contribution in [-0.4, -0.2) is 30.2 Å². The van der Waals surface area contributed by atoms with E-state index in [9.17, 15) is 24.3 Å². The summed E-state index contributed by atoms with van der Waals surface area (Å²) in [5.41, 5.74) is -0.329. The lowest BCUT2D eigenvalue weighted by molar-refractivity contribution is 0.0693. The Morgan fingerprint density at radius 2 is 1.79 bits per heavy atom. The van der Waals surface area contributed by atoms with E-state index >= 15 is 0 Å². The zero-order chi connectivity index (χ0) is 17.6. The number of aromatic nitrogens is 4. The predicted molar refractivity (Wildman–Crippen MR) is 86.1 cm³/mol. The molecule has 0 aliphatic rings. The van der Waals surface area contributed by atoms with Crippen molar-refractivity contribution in [3.05, 3.63) is 60.8 Å². The smallest absolute Gasteiger partial charge is 0.342 e. The van der Waals surface area contributed by atoms with Crippen molar-refractivity contribution in [2.45, 2.75) is 20.4 Å². The number of benzene rings is 1. The largest absolute Gasteiger partial charge is 0.477 e. The van der Waals surface area contributed by atoms with Gasteiger partial charge in [0, 0.05) is 12.7 Å². The van der Waals surface area contributed by atoms with Crippen LogP contribution in [-0.2, 0) is 6.54 Å². The van der Waals surface area contributed by atoms with Gasteiger partial charge in [0.25, 0.3) is 5.56 Å². The molecule has 0 bridgehead atoms. The Morgan fingerprint density at radius 1 is 1.17 bits per heavy atom. The molecule has 0 saturated heterocycles. The summed E-state index contributed by atoms with van der Waals surface area (Å²) in [6.45, 7) is 3.34. The first kappa shape index (κ1) is 15.5. The highest BCUT2D eigenvalue weighted by Crippen LogP contribution is 2.18. The highest BCUT2D eigenvalue weighted by Gasteiger charge is 2.18. The van der Waals surface area contributed by atoms with Crippen LogP contribution in [0.4, 0.5) is 0 Å². The lowest BCUT2D eigenvalue weighted by atomic mass is 10.1. The Labute approximate surface area is 133 Å². The molecule has 0 amide bonds. The van der Waals surface area contributed by atoms with Crippen molar-refractivity contribution >= 4 is 17.0 Å². The van der Waals surface area contributed by atoms with E-state index in [4.69, 9.17) is 0 Å². The first-order chi connectivity index (χ1) is 11.3. The van der Waals surface area contributed by atoms with Crippen LogP contribution in [0.5, 0.6) is 0 Å². The number of nitrogens with zero attached hydrogens (tertiary/aromatic N) is 2. The summed E-state index contributed by atoms with van der Waals surface area (Å²) in [6.07, 6.45) is 1.01. The number of aromatic amines is 2. The SMILES string of the molecule is CCn1c(=O)c(C(=O)O)cn(-c2cc3[nH]c(=O)[nH]c3cc2C)c1=O. The third-order valence-corrected chi connectivity index (χ3v) is 3.81. The predicted octanol–water partition coefficient (Wildman–Crippen LogP) is 0.195. The number of hydrogen-bond donors (Lipinski definition) is 3. The second-order valence-electron chi connectivity index (χ2n) is 5.31. The maximum absolute atomic E-state index is 12.5. The van der Waals surface area contributed by atoms with E-state index in [0.717, 1.165) is 15.3 Å². The molecule has 3 aromatic rings. The molecule has 0 fully saturated rings. The number of rotatable bonds is 3. The maximum atomic E-state index is 12.5. The fraction of sp³-hybridized carbons (Fsp3) is 0.200. The van der Waals surface area contributed by atoms with Gasteiger partial charge in [0.2, 0.25) is 0 Å². The molecule has 0 atom stereocenters. The van der Waals surface area contributed by atoms with Gasteiger partial charge in [-0.25, -0.2) is 14.4 Å². The van der Waals surface area contributed by atoms with Crippen molar-refractivity contribution in [3.8, 4) is 5.69 Å². The second-order valence-corrected chi connectivity index (χ2v) is 5.31. The third-order valence-electron chi connectivity index (χ3n) is 3.81. The van der Waals surface area contributed by atoms with Crippen LogP contribution in [0.25, 0.3) is 16.7 Å². The summed E-state index contributed by atoms with van der Waals surface area (Å²) in [5.74, 6) is -1.41. The van der Waals surface area contributed by atoms with Gasteiger partial charge < -0.3 is 15.1 Å². The number of imidazole rings is 1. The van der Waals surface area contributed by atoms with Crippen molar-refractivity contribution in [2.75, 3.05) is 0 Å². The molecule has 0 aliphatic carbocycles. The van der Waals surface area contributed by atoms with Crippen LogP contribution in [0.1, 0.15) is 22.8 Å². The first-order valence-electron chi connectivity index (χ1n) is 7.16. The molecule has 0 radical (unpaired) electrons. The number of hydrogen-bond acceptors (Lipinski definition) is 4. The zero-order valence-corrected chi connectivity index (χ0v) is 12.9. The minimum absolute atomic E-state index is 0.0427. The van der Waals surface area contributed by atoms with Gasteiger partial charge in [0.1, 0.15) is 5.56 Å². The van der Waals surface area contributed by atoms with E-state index in [1.165, 1.54) is 0 Å². The number of nitrogens with one attached hydrogen (secondary N) is 2. The molecule has 2 heterocycles. The van der Waals surface area contributed by atoms with Crippen molar-refractivity contribution < 1.29 is 9.90 Å². The molecular formula is C15H14N4O5. The van der Waals surface area contributed by atoms with E-state index < -0.39 is 28.5 Å². The molecule has 0 aliphatic heterocycles. The van der Waals surface area contributed by atoms with Gasteiger partial charge in [-0.15, -0.1) is 0 Å². The van der Waals surface area contributed by atoms with E-state index in [2.05, 4.69) is 9.97 Å². The van der Waals surface area contributed by atoms with E-state index in [1.807, 2.05) is 0 Å². The fourth-order valence-electron chi connectivity index (χ4n) is 2.64. The molecular weight excluding hydrogens is 316 g/mol. The summed E-state index contributed by atoms with van der Waals surface area (Å²) >= 11 is 0. The number of carbonyl (C=O) groups is 1. The van der Waals surface area contributed by atoms with Crippen LogP contribution in [0.15, 0.2) is 32.7 Å². The molecule has 0 saturated carbocycles. The van der Waals surface area contributed by atoms with E-state index in [1.54, 1.807) is 26.0 Å². The van der Waals surface area contributed by atoms with Crippen LogP contribution in [0.3, 0.4) is 0 Å². The van der Waals surface area contributed by atoms with Gasteiger partial charge in [0.05, 0.1) is 16.7 Å². The highest BCUT2D eigenvalue weighted by molar-refractivity contribution is 5.87. The molecule has 9 nitrogen and oxygen atoms in total. The summed E-state index contributed by atoms with van der Waals surface area (Å²) in [6, 6.07) is 3.22. The van der Waals surface area contributed by atoms with Gasteiger partial charge in [-0.3, -0.25) is 13.9 Å². The number of aryl methyl sites for hydroxylation is 1. The Bertz CT molecular complexity index is 1150. The van der Waals surface area contributed by atoms with Crippen LogP contribution in [0.2, 0.25) is 0 Å². The summed E-state index contributed by atoms with van der Waals surface area (Å²) in [5, 5.41) is 9.21. The van der Waals surface area contributed by atoms with Gasteiger partial charge in [-0.2, -0.15) is 0 Å². The molecule has 3 rings (SSSR count). The Balaban J connectivity index is 2.41. The lowest BCUT2D eigenvalue weighted by Gasteiger charge is -2.13. The molecule has 24 heavy (non-hydrogen) atoms. The average Bonchev–Trinajstić information content (AvgIpc) is 2.86. The summed E-state index contributed by atoms with van der Waals surface area (Å²) in [4.78, 5) is 52.5. The minimum atomic E-state index is -1.41. The molecule has 0 spiro atoms. The standard InChI is InChI=1S/C15H14N4O5/c1-3-18-12(20)8(13(21)22)6-19(15(18)24)11-5-10-9(4-7(11)2)16-14(23)17-10/h4-6H,3H2,1-2H3,(H,21,22)(H2,16,17,23). The maximum Gasteiger partial charge on any atom is 0.342 e. The molecule has 2 aromatic heterocycles. The fourth-order valence-corrected chi connectivity index (χ4v) is 2.64. The molecule has 0 unspecified atom stereocenters. The van der Waals surface area contributed by atoms with Crippen LogP contribution >= 0.6 is 0 Å². The quantitative estimate of drug-likeness (QED) is 0.631. The molecule has 1 aromatic carbocycles. The van der Waals surface area contributed by atoms with Crippen molar-refractivity contribution in [1.29, 1.82) is 0 Å². The highest BCUT2D eigenvalue weighted by atomic mass is 16.4. The first-order valence-corrected chi connectivity index (χ1v) is 7.16. The second kappa shape index (κ2) is 5.37. The monoisotopic (exact) mass is 330 g/mol. The third kappa shape index (κ3) is 2.26. The van der Waals surface area contributed by atoms with Gasteiger partial charge in [0.15, 0.2) is 0 Å². The van der Waals surface area contributed by atoms with Gasteiger partial charge in [-0.05, 0) is 31.5 Å². The Hall–Kier alpha value is -3.36. The molecule has 124 valence electrons. The average molecular weight is 330 g/mol.